The molecule has 0 N–H and O–H groups in total. The quantitative estimate of drug-likeness (QED) is 0.559. The highest BCUT2D eigenvalue weighted by Gasteiger charge is 2.64. The molecule has 2 bridgehead atoms. The molecular weight excluding hydrogens is 332 g/mol. The van der Waals surface area contributed by atoms with E-state index in [0.29, 0.717) is 6.54 Å². The van der Waals surface area contributed by atoms with Gasteiger partial charge < -0.3 is 9.47 Å². The van der Waals surface area contributed by atoms with Gasteiger partial charge in [0.15, 0.2) is 0 Å². The number of fused-ring (bicyclic) bond motifs is 7. The standard InChI is InChI=1S/C20H26N2O4/c1-11-9-13-14(10-12(11)2)18-16-15(17(13)26-18)19(23)22(20(16)24)4-3-21-5-7-25-8-6-21/h15-18H,3-10H2,1-2H3. The van der Waals surface area contributed by atoms with Crippen molar-refractivity contribution in [1.82, 2.24) is 9.80 Å². The molecule has 4 aliphatic heterocycles. The first-order valence-corrected chi connectivity index (χ1v) is 9.74. The van der Waals surface area contributed by atoms with Gasteiger partial charge in [0.2, 0.25) is 11.8 Å². The second kappa shape index (κ2) is 6.01. The van der Waals surface area contributed by atoms with Crippen LogP contribution in [-0.4, -0.2) is 73.2 Å². The molecular formula is C20H26N2O4. The number of nitrogens with zero attached hydrogens (tertiary/aromatic N) is 2. The number of hydrogen-bond donors (Lipinski definition) is 0. The fourth-order valence-corrected chi connectivity index (χ4v) is 5.29. The Bertz CT molecular complexity index is 686. The minimum Gasteiger partial charge on any atom is -0.379 e. The number of morpholine rings is 1. The summed E-state index contributed by atoms with van der Waals surface area (Å²) in [5, 5.41) is 0. The Hall–Kier alpha value is -1.50. The third-order valence-electron chi connectivity index (χ3n) is 6.92. The Kier molecular flexibility index (Phi) is 3.85. The van der Waals surface area contributed by atoms with E-state index < -0.39 is 0 Å². The minimum atomic E-state index is -0.290. The first kappa shape index (κ1) is 16.7. The Morgan fingerprint density at radius 1 is 0.885 bits per heavy atom. The van der Waals surface area contributed by atoms with E-state index in [1.54, 1.807) is 0 Å². The van der Waals surface area contributed by atoms with Crippen LogP contribution >= 0.6 is 0 Å². The lowest BCUT2D eigenvalue weighted by molar-refractivity contribution is -0.142. The van der Waals surface area contributed by atoms with Crippen LogP contribution in [0.25, 0.3) is 0 Å². The lowest BCUT2D eigenvalue weighted by Gasteiger charge is -2.28. The van der Waals surface area contributed by atoms with Gasteiger partial charge in [-0.25, -0.2) is 0 Å². The fraction of sp³-hybridized carbons (Fsp3) is 0.700. The number of amides is 2. The summed E-state index contributed by atoms with van der Waals surface area (Å²) in [6.07, 6.45) is 1.46. The van der Waals surface area contributed by atoms with Crippen molar-refractivity contribution in [2.24, 2.45) is 11.8 Å². The van der Waals surface area contributed by atoms with E-state index in [1.165, 1.54) is 27.2 Å². The van der Waals surface area contributed by atoms with E-state index in [0.717, 1.165) is 45.7 Å². The van der Waals surface area contributed by atoms with E-state index in [2.05, 4.69) is 18.7 Å². The SMILES string of the molecule is CC1=C(C)CC2=C(C1)C1OC2C2C(=O)N(CCN3CCOCC3)C(=O)C12. The smallest absolute Gasteiger partial charge is 0.236 e. The molecule has 6 nitrogen and oxygen atoms in total. The Morgan fingerprint density at radius 2 is 1.42 bits per heavy atom. The maximum absolute atomic E-state index is 13.0. The Balaban J connectivity index is 1.33. The Morgan fingerprint density at radius 3 is 1.96 bits per heavy atom. The van der Waals surface area contributed by atoms with Gasteiger partial charge in [-0.05, 0) is 37.8 Å². The summed E-state index contributed by atoms with van der Waals surface area (Å²) in [7, 11) is 0. The summed E-state index contributed by atoms with van der Waals surface area (Å²) in [5.41, 5.74) is 5.35. The summed E-state index contributed by atoms with van der Waals surface area (Å²) >= 11 is 0. The molecule has 5 rings (SSSR count). The number of carbonyl (C=O) groups is 2. The van der Waals surface area contributed by atoms with Crippen LogP contribution in [0.15, 0.2) is 22.3 Å². The number of allylic oxidation sites excluding steroid dienone is 2. The monoisotopic (exact) mass is 358 g/mol. The fourth-order valence-electron chi connectivity index (χ4n) is 5.29. The summed E-state index contributed by atoms with van der Waals surface area (Å²) in [6.45, 7) is 8.77. The summed E-state index contributed by atoms with van der Waals surface area (Å²) in [6, 6.07) is 0. The third-order valence-corrected chi connectivity index (χ3v) is 6.92. The molecule has 2 amide bonds. The highest BCUT2D eigenvalue weighted by molar-refractivity contribution is 6.07. The maximum Gasteiger partial charge on any atom is 0.236 e. The zero-order valence-electron chi connectivity index (χ0n) is 15.5. The van der Waals surface area contributed by atoms with Crippen molar-refractivity contribution in [1.29, 1.82) is 0 Å². The summed E-state index contributed by atoms with van der Waals surface area (Å²) in [5.74, 6) is -0.614. The summed E-state index contributed by atoms with van der Waals surface area (Å²) in [4.78, 5) is 29.8. The summed E-state index contributed by atoms with van der Waals surface area (Å²) < 4.78 is 11.5. The molecule has 4 heterocycles. The largest absolute Gasteiger partial charge is 0.379 e. The highest BCUT2D eigenvalue weighted by Crippen LogP contribution is 2.55. The molecule has 0 saturated carbocycles. The van der Waals surface area contributed by atoms with Gasteiger partial charge in [0, 0.05) is 26.2 Å². The Labute approximate surface area is 153 Å². The molecule has 140 valence electrons. The van der Waals surface area contributed by atoms with Crippen LogP contribution in [0.2, 0.25) is 0 Å². The average molecular weight is 358 g/mol. The van der Waals surface area contributed by atoms with Crippen LogP contribution < -0.4 is 0 Å². The number of carbonyl (C=O) groups excluding carboxylic acids is 2. The van der Waals surface area contributed by atoms with Gasteiger partial charge in [-0.1, -0.05) is 11.1 Å². The predicted octanol–water partition coefficient (Wildman–Crippen LogP) is 1.13. The average Bonchev–Trinajstić information content (AvgIpc) is 3.26. The lowest BCUT2D eigenvalue weighted by Crippen LogP contribution is -2.44. The van der Waals surface area contributed by atoms with E-state index in [1.807, 2.05) is 0 Å². The van der Waals surface area contributed by atoms with Crippen molar-refractivity contribution >= 4 is 11.8 Å². The molecule has 3 saturated heterocycles. The first-order valence-electron chi connectivity index (χ1n) is 9.74. The highest BCUT2D eigenvalue weighted by atomic mass is 16.5. The van der Waals surface area contributed by atoms with Gasteiger partial charge in [-0.15, -0.1) is 0 Å². The van der Waals surface area contributed by atoms with Gasteiger partial charge in [-0.3, -0.25) is 19.4 Å². The second-order valence-electron chi connectivity index (χ2n) is 8.28. The van der Waals surface area contributed by atoms with Crippen molar-refractivity contribution in [2.75, 3.05) is 39.4 Å². The van der Waals surface area contributed by atoms with Crippen molar-refractivity contribution in [3.63, 3.8) is 0 Å². The number of hydrogen-bond acceptors (Lipinski definition) is 5. The molecule has 0 aromatic heterocycles. The zero-order chi connectivity index (χ0) is 18.0. The minimum absolute atomic E-state index is 0.0174. The van der Waals surface area contributed by atoms with Crippen LogP contribution in [0, 0.1) is 11.8 Å². The van der Waals surface area contributed by atoms with Gasteiger partial charge in [0.25, 0.3) is 0 Å². The molecule has 4 unspecified atom stereocenters. The molecule has 0 radical (unpaired) electrons. The van der Waals surface area contributed by atoms with Gasteiger partial charge in [0.1, 0.15) is 0 Å². The number of ether oxygens (including phenoxy) is 2. The van der Waals surface area contributed by atoms with E-state index in [9.17, 15) is 9.59 Å². The van der Waals surface area contributed by atoms with E-state index in [-0.39, 0.29) is 35.9 Å². The van der Waals surface area contributed by atoms with E-state index in [4.69, 9.17) is 9.47 Å². The van der Waals surface area contributed by atoms with Crippen LogP contribution in [0.4, 0.5) is 0 Å². The number of imide groups is 1. The van der Waals surface area contributed by atoms with Crippen LogP contribution in [0.3, 0.4) is 0 Å². The van der Waals surface area contributed by atoms with Gasteiger partial charge in [0.05, 0.1) is 37.3 Å². The normalized spacial score (nSPS) is 37.1. The molecule has 0 aromatic rings. The van der Waals surface area contributed by atoms with Crippen molar-refractivity contribution < 1.29 is 19.1 Å². The first-order chi connectivity index (χ1) is 12.6. The second-order valence-corrected chi connectivity index (χ2v) is 8.28. The third kappa shape index (κ3) is 2.28. The number of rotatable bonds is 3. The molecule has 0 spiro atoms. The molecule has 3 fully saturated rings. The topological polar surface area (TPSA) is 59.1 Å². The molecule has 26 heavy (non-hydrogen) atoms. The maximum atomic E-state index is 13.0. The van der Waals surface area contributed by atoms with Crippen molar-refractivity contribution in [3.05, 3.63) is 22.3 Å². The van der Waals surface area contributed by atoms with Crippen LogP contribution in [0.1, 0.15) is 26.7 Å². The molecule has 5 aliphatic rings. The molecule has 1 aliphatic carbocycles. The lowest BCUT2D eigenvalue weighted by atomic mass is 9.71. The van der Waals surface area contributed by atoms with E-state index >= 15 is 0 Å². The predicted molar refractivity (Wildman–Crippen MR) is 94.3 cm³/mol. The molecule has 6 heteroatoms. The van der Waals surface area contributed by atoms with Gasteiger partial charge in [-0.2, -0.15) is 0 Å². The van der Waals surface area contributed by atoms with Crippen molar-refractivity contribution in [3.8, 4) is 0 Å². The molecule has 4 atom stereocenters. The number of likely N-dealkylation sites (tertiary alicyclic amines) is 1. The van der Waals surface area contributed by atoms with Crippen molar-refractivity contribution in [2.45, 2.75) is 38.9 Å². The molecule has 0 aromatic carbocycles. The van der Waals surface area contributed by atoms with Crippen LogP contribution in [-0.2, 0) is 19.1 Å². The van der Waals surface area contributed by atoms with Gasteiger partial charge >= 0.3 is 0 Å². The zero-order valence-corrected chi connectivity index (χ0v) is 15.5. The van der Waals surface area contributed by atoms with Crippen LogP contribution in [0.5, 0.6) is 0 Å².